The van der Waals surface area contributed by atoms with Crippen molar-refractivity contribution in [1.29, 1.82) is 0 Å². The first-order valence-electron chi connectivity index (χ1n) is 9.39. The van der Waals surface area contributed by atoms with Gasteiger partial charge in [-0.25, -0.2) is 0 Å². The normalized spacial score (nSPS) is 16.2. The minimum atomic E-state index is -0.498. The fraction of sp³-hybridized carbons (Fsp3) is 0.273. The van der Waals surface area contributed by atoms with Crippen molar-refractivity contribution in [3.8, 4) is 5.75 Å². The van der Waals surface area contributed by atoms with Crippen LogP contribution in [0.15, 0.2) is 52.9 Å². The molecular weight excluding hydrogens is 358 g/mol. The molecule has 0 bridgehead atoms. The second kappa shape index (κ2) is 7.86. The van der Waals surface area contributed by atoms with E-state index >= 15 is 0 Å². The number of carbonyl (C=O) groups excluding carboxylic acids is 2. The Morgan fingerprint density at radius 1 is 1.14 bits per heavy atom. The molecule has 1 atom stereocenters. The fourth-order valence-electron chi connectivity index (χ4n) is 3.32. The first kappa shape index (κ1) is 18.3. The number of hydrogen-bond donors (Lipinski definition) is 1. The lowest BCUT2D eigenvalue weighted by molar-refractivity contribution is -0.124. The van der Waals surface area contributed by atoms with E-state index in [0.29, 0.717) is 47.6 Å². The highest BCUT2D eigenvalue weighted by atomic mass is 16.5. The average Bonchev–Trinajstić information content (AvgIpc) is 3.37. The molecule has 3 aromatic rings. The minimum Gasteiger partial charge on any atom is -0.494 e. The topological polar surface area (TPSA) is 77.8 Å². The zero-order valence-corrected chi connectivity index (χ0v) is 15.6. The van der Waals surface area contributed by atoms with E-state index in [9.17, 15) is 9.59 Å². The molecule has 2 heterocycles. The zero-order valence-electron chi connectivity index (χ0n) is 15.6. The summed E-state index contributed by atoms with van der Waals surface area (Å²) in [5.41, 5.74) is 1.38. The number of para-hydroxylation sites is 1. The van der Waals surface area contributed by atoms with Gasteiger partial charge in [0.05, 0.1) is 12.3 Å². The molecular formula is C22H21NO5. The van der Waals surface area contributed by atoms with Crippen molar-refractivity contribution in [1.82, 2.24) is 0 Å². The third-order valence-electron chi connectivity index (χ3n) is 4.70. The summed E-state index contributed by atoms with van der Waals surface area (Å²) in [6.07, 6.45) is 1.02. The number of fused-ring (bicyclic) bond motifs is 1. The molecule has 1 aliphatic rings. The first-order valence-corrected chi connectivity index (χ1v) is 9.39. The Morgan fingerprint density at radius 2 is 1.93 bits per heavy atom. The summed E-state index contributed by atoms with van der Waals surface area (Å²) in [6.45, 7) is 3.02. The highest BCUT2D eigenvalue weighted by Crippen LogP contribution is 2.33. The van der Waals surface area contributed by atoms with Gasteiger partial charge in [-0.2, -0.15) is 0 Å². The van der Waals surface area contributed by atoms with Crippen molar-refractivity contribution in [3.63, 3.8) is 0 Å². The molecule has 6 nitrogen and oxygen atoms in total. The van der Waals surface area contributed by atoms with Crippen LogP contribution in [0.25, 0.3) is 11.0 Å². The Balaban J connectivity index is 1.69. The minimum absolute atomic E-state index is 0.108. The van der Waals surface area contributed by atoms with Crippen molar-refractivity contribution in [3.05, 3.63) is 59.9 Å². The van der Waals surface area contributed by atoms with Crippen LogP contribution in [-0.2, 0) is 9.53 Å². The van der Waals surface area contributed by atoms with Gasteiger partial charge in [0, 0.05) is 17.6 Å². The van der Waals surface area contributed by atoms with E-state index in [2.05, 4.69) is 5.32 Å². The Kier molecular flexibility index (Phi) is 5.12. The van der Waals surface area contributed by atoms with Crippen LogP contribution in [0.2, 0.25) is 0 Å². The van der Waals surface area contributed by atoms with E-state index in [1.54, 1.807) is 30.3 Å². The highest BCUT2D eigenvalue weighted by Gasteiger charge is 2.28. The Labute approximate surface area is 162 Å². The summed E-state index contributed by atoms with van der Waals surface area (Å²) in [4.78, 5) is 25.7. The molecule has 1 saturated heterocycles. The highest BCUT2D eigenvalue weighted by molar-refractivity contribution is 6.17. The molecule has 0 saturated carbocycles. The number of hydrogen-bond acceptors (Lipinski definition) is 5. The van der Waals surface area contributed by atoms with Gasteiger partial charge in [0.15, 0.2) is 5.76 Å². The second-order valence-corrected chi connectivity index (χ2v) is 6.58. The van der Waals surface area contributed by atoms with Gasteiger partial charge in [0.1, 0.15) is 17.4 Å². The standard InChI is InChI=1S/C22H21NO5/c1-2-26-15-11-9-14(10-12-15)20(24)21-19(16-6-3-4-7-17(16)28-21)23-22(25)18-8-5-13-27-18/h3-4,6-7,9-12,18H,2,5,8,13H2,1H3,(H,23,25)/t18-/m0/s1. The second-order valence-electron chi connectivity index (χ2n) is 6.58. The summed E-state index contributed by atoms with van der Waals surface area (Å²) in [7, 11) is 0. The number of benzene rings is 2. The molecule has 144 valence electrons. The van der Waals surface area contributed by atoms with Crippen LogP contribution in [0, 0.1) is 0 Å². The van der Waals surface area contributed by atoms with E-state index in [1.807, 2.05) is 25.1 Å². The van der Waals surface area contributed by atoms with Gasteiger partial charge in [0.25, 0.3) is 5.91 Å². The van der Waals surface area contributed by atoms with E-state index in [0.717, 1.165) is 6.42 Å². The van der Waals surface area contributed by atoms with Gasteiger partial charge >= 0.3 is 0 Å². The largest absolute Gasteiger partial charge is 0.494 e. The van der Waals surface area contributed by atoms with Gasteiger partial charge in [-0.3, -0.25) is 9.59 Å². The van der Waals surface area contributed by atoms with Crippen LogP contribution in [0.4, 0.5) is 5.69 Å². The van der Waals surface area contributed by atoms with E-state index < -0.39 is 6.10 Å². The Hall–Kier alpha value is -3.12. The number of carbonyl (C=O) groups is 2. The lowest BCUT2D eigenvalue weighted by Gasteiger charge is -2.10. The maximum atomic E-state index is 13.1. The summed E-state index contributed by atoms with van der Waals surface area (Å²) in [5.74, 6) is 0.235. The molecule has 1 aliphatic heterocycles. The number of furan rings is 1. The van der Waals surface area contributed by atoms with Crippen LogP contribution in [0.3, 0.4) is 0 Å². The van der Waals surface area contributed by atoms with Crippen LogP contribution < -0.4 is 10.1 Å². The van der Waals surface area contributed by atoms with Gasteiger partial charge in [-0.05, 0) is 56.2 Å². The molecule has 4 rings (SSSR count). The number of amides is 1. The van der Waals surface area contributed by atoms with Crippen LogP contribution in [0.5, 0.6) is 5.75 Å². The monoisotopic (exact) mass is 379 g/mol. The SMILES string of the molecule is CCOc1ccc(C(=O)c2oc3ccccc3c2NC(=O)[C@@H]2CCCO2)cc1. The smallest absolute Gasteiger partial charge is 0.253 e. The maximum absolute atomic E-state index is 13.1. The maximum Gasteiger partial charge on any atom is 0.253 e. The molecule has 0 unspecified atom stereocenters. The average molecular weight is 379 g/mol. The molecule has 1 amide bonds. The quantitative estimate of drug-likeness (QED) is 0.650. The molecule has 0 spiro atoms. The summed E-state index contributed by atoms with van der Waals surface area (Å²) < 4.78 is 16.7. The Bertz CT molecular complexity index is 999. The van der Waals surface area contributed by atoms with E-state index in [-0.39, 0.29) is 17.5 Å². The summed E-state index contributed by atoms with van der Waals surface area (Å²) in [6, 6.07) is 14.1. The van der Waals surface area contributed by atoms with Crippen molar-refractivity contribution < 1.29 is 23.5 Å². The predicted molar refractivity (Wildman–Crippen MR) is 105 cm³/mol. The summed E-state index contributed by atoms with van der Waals surface area (Å²) in [5, 5.41) is 3.54. The molecule has 6 heteroatoms. The number of ketones is 1. The molecule has 2 aromatic carbocycles. The number of nitrogens with one attached hydrogen (secondary N) is 1. The van der Waals surface area contributed by atoms with Crippen molar-refractivity contribution in [2.75, 3.05) is 18.5 Å². The van der Waals surface area contributed by atoms with E-state index in [4.69, 9.17) is 13.9 Å². The van der Waals surface area contributed by atoms with Gasteiger partial charge in [-0.1, -0.05) is 12.1 Å². The molecule has 1 fully saturated rings. The van der Waals surface area contributed by atoms with Gasteiger partial charge < -0.3 is 19.2 Å². The lowest BCUT2D eigenvalue weighted by atomic mass is 10.1. The van der Waals surface area contributed by atoms with Gasteiger partial charge in [-0.15, -0.1) is 0 Å². The predicted octanol–water partition coefficient (Wildman–Crippen LogP) is 4.18. The summed E-state index contributed by atoms with van der Waals surface area (Å²) >= 11 is 0. The van der Waals surface area contributed by atoms with Crippen LogP contribution >= 0.6 is 0 Å². The molecule has 0 aliphatic carbocycles. The van der Waals surface area contributed by atoms with Gasteiger partial charge in [0.2, 0.25) is 5.78 Å². The molecule has 1 aromatic heterocycles. The van der Waals surface area contributed by atoms with Crippen LogP contribution in [-0.4, -0.2) is 31.0 Å². The fourth-order valence-corrected chi connectivity index (χ4v) is 3.32. The number of ether oxygens (including phenoxy) is 2. The first-order chi connectivity index (χ1) is 13.7. The molecule has 1 N–H and O–H groups in total. The Morgan fingerprint density at radius 3 is 2.64 bits per heavy atom. The third-order valence-corrected chi connectivity index (χ3v) is 4.70. The molecule has 0 radical (unpaired) electrons. The van der Waals surface area contributed by atoms with E-state index in [1.165, 1.54) is 0 Å². The van der Waals surface area contributed by atoms with Crippen molar-refractivity contribution in [2.45, 2.75) is 25.9 Å². The number of rotatable bonds is 6. The number of anilines is 1. The zero-order chi connectivity index (χ0) is 19.5. The van der Waals surface area contributed by atoms with Crippen molar-refractivity contribution >= 4 is 28.3 Å². The molecule has 28 heavy (non-hydrogen) atoms. The third kappa shape index (κ3) is 3.51. The van der Waals surface area contributed by atoms with Crippen molar-refractivity contribution in [2.24, 2.45) is 0 Å². The lowest BCUT2D eigenvalue weighted by Crippen LogP contribution is -2.27. The van der Waals surface area contributed by atoms with Crippen LogP contribution in [0.1, 0.15) is 35.9 Å².